The molecule has 0 unspecified atom stereocenters. The molecule has 106 valence electrons. The van der Waals surface area contributed by atoms with Crippen molar-refractivity contribution >= 4 is 12.0 Å². The first-order valence-corrected chi connectivity index (χ1v) is 7.43. The Labute approximate surface area is 113 Å². The summed E-state index contributed by atoms with van der Waals surface area (Å²) in [5, 5.41) is 12.3. The van der Waals surface area contributed by atoms with Gasteiger partial charge in [0.25, 0.3) is 0 Å². The van der Waals surface area contributed by atoms with Gasteiger partial charge in [-0.1, -0.05) is 12.8 Å². The van der Waals surface area contributed by atoms with E-state index < -0.39 is 5.97 Å². The molecule has 0 spiro atoms. The van der Waals surface area contributed by atoms with Crippen molar-refractivity contribution in [2.75, 3.05) is 13.1 Å². The third kappa shape index (κ3) is 2.69. The Morgan fingerprint density at radius 3 is 2.32 bits per heavy atom. The van der Waals surface area contributed by atoms with E-state index >= 15 is 0 Å². The number of amides is 2. The van der Waals surface area contributed by atoms with Crippen LogP contribution in [0.4, 0.5) is 4.79 Å². The molecule has 0 aromatic heterocycles. The van der Waals surface area contributed by atoms with Crippen LogP contribution in [0.1, 0.15) is 38.5 Å². The zero-order chi connectivity index (χ0) is 13.4. The lowest BCUT2D eigenvalue weighted by Crippen LogP contribution is -2.43. The van der Waals surface area contributed by atoms with E-state index in [1.54, 1.807) is 4.90 Å². The summed E-state index contributed by atoms with van der Waals surface area (Å²) in [5.41, 5.74) is 0. The number of likely N-dealkylation sites (tertiary alicyclic amines) is 1. The van der Waals surface area contributed by atoms with Crippen molar-refractivity contribution in [3.63, 3.8) is 0 Å². The Kier molecular flexibility index (Phi) is 3.37. The summed E-state index contributed by atoms with van der Waals surface area (Å²) in [6.45, 7) is 1.01. The first-order valence-electron chi connectivity index (χ1n) is 7.43. The Hall–Kier alpha value is -1.26. The van der Waals surface area contributed by atoms with Crippen LogP contribution in [0.3, 0.4) is 0 Å². The minimum absolute atomic E-state index is 0.0544. The zero-order valence-corrected chi connectivity index (χ0v) is 11.2. The number of carboxylic acids is 1. The van der Waals surface area contributed by atoms with Crippen LogP contribution in [0.2, 0.25) is 0 Å². The van der Waals surface area contributed by atoms with E-state index in [0.29, 0.717) is 25.0 Å². The summed E-state index contributed by atoms with van der Waals surface area (Å²) in [6.07, 6.45) is 6.77. The Balaban J connectivity index is 1.58. The molecule has 0 radical (unpaired) electrons. The number of carboxylic acid groups (broad SMARTS) is 1. The average molecular weight is 266 g/mol. The number of hydrogen-bond acceptors (Lipinski definition) is 2. The topological polar surface area (TPSA) is 69.6 Å². The highest BCUT2D eigenvalue weighted by Gasteiger charge is 2.47. The summed E-state index contributed by atoms with van der Waals surface area (Å²) < 4.78 is 0. The van der Waals surface area contributed by atoms with Crippen LogP contribution in [0.25, 0.3) is 0 Å². The van der Waals surface area contributed by atoms with Gasteiger partial charge in [-0.25, -0.2) is 4.79 Å². The first kappa shape index (κ1) is 12.8. The quantitative estimate of drug-likeness (QED) is 0.816. The van der Waals surface area contributed by atoms with E-state index in [2.05, 4.69) is 5.32 Å². The number of nitrogens with one attached hydrogen (secondary N) is 1. The Morgan fingerprint density at radius 1 is 1.05 bits per heavy atom. The van der Waals surface area contributed by atoms with Crippen LogP contribution in [0, 0.1) is 17.8 Å². The molecule has 0 bridgehead atoms. The van der Waals surface area contributed by atoms with Crippen LogP contribution in [-0.2, 0) is 4.79 Å². The molecule has 1 heterocycles. The predicted molar refractivity (Wildman–Crippen MR) is 69.7 cm³/mol. The number of rotatable bonds is 3. The average Bonchev–Trinajstić information content (AvgIpc) is 2.92. The number of aliphatic carboxylic acids is 1. The molecule has 5 heteroatoms. The minimum Gasteiger partial charge on any atom is -0.481 e. The van der Waals surface area contributed by atoms with E-state index in [0.717, 1.165) is 25.7 Å². The summed E-state index contributed by atoms with van der Waals surface area (Å²) in [7, 11) is 0. The van der Waals surface area contributed by atoms with Crippen molar-refractivity contribution < 1.29 is 14.7 Å². The van der Waals surface area contributed by atoms with Crippen molar-refractivity contribution in [3.05, 3.63) is 0 Å². The normalized spacial score (nSPS) is 31.7. The van der Waals surface area contributed by atoms with Gasteiger partial charge in [-0.2, -0.15) is 0 Å². The number of carbonyl (C=O) groups excluding carboxylic acids is 1. The lowest BCUT2D eigenvalue weighted by Gasteiger charge is -2.20. The molecule has 0 aromatic carbocycles. The first-order chi connectivity index (χ1) is 9.15. The van der Waals surface area contributed by atoms with Crippen LogP contribution in [0.15, 0.2) is 0 Å². The standard InChI is InChI=1S/C14H22N2O3/c17-13(18)12-8-16(7-11(12)9-5-6-9)14(19)15-10-3-1-2-4-10/h9-12H,1-8H2,(H,15,19)(H,17,18)/t11-,12+/m0/s1. The molecule has 5 nitrogen and oxygen atoms in total. The fourth-order valence-electron chi connectivity index (χ4n) is 3.59. The van der Waals surface area contributed by atoms with Gasteiger partial charge in [-0.15, -0.1) is 0 Å². The predicted octanol–water partition coefficient (Wildman–Crippen LogP) is 1.68. The monoisotopic (exact) mass is 266 g/mol. The summed E-state index contributed by atoms with van der Waals surface area (Å²) in [4.78, 5) is 25.2. The minimum atomic E-state index is -0.743. The Morgan fingerprint density at radius 2 is 1.74 bits per heavy atom. The molecule has 1 aliphatic heterocycles. The highest BCUT2D eigenvalue weighted by molar-refractivity contribution is 5.78. The molecule has 1 saturated heterocycles. The van der Waals surface area contributed by atoms with E-state index in [1.165, 1.54) is 12.8 Å². The summed E-state index contributed by atoms with van der Waals surface area (Å²) in [5.74, 6) is -0.396. The van der Waals surface area contributed by atoms with Crippen molar-refractivity contribution in [1.29, 1.82) is 0 Å². The highest BCUT2D eigenvalue weighted by atomic mass is 16.4. The smallest absolute Gasteiger partial charge is 0.317 e. The molecular weight excluding hydrogens is 244 g/mol. The van der Waals surface area contributed by atoms with Crippen molar-refractivity contribution in [1.82, 2.24) is 10.2 Å². The van der Waals surface area contributed by atoms with E-state index in [9.17, 15) is 14.7 Å². The number of nitrogens with zero attached hydrogens (tertiary/aromatic N) is 1. The molecule has 2 aliphatic carbocycles. The van der Waals surface area contributed by atoms with Gasteiger partial charge < -0.3 is 15.3 Å². The molecule has 2 N–H and O–H groups in total. The molecule has 2 amide bonds. The van der Waals surface area contributed by atoms with E-state index in [4.69, 9.17) is 0 Å². The number of urea groups is 1. The van der Waals surface area contributed by atoms with Crippen LogP contribution in [-0.4, -0.2) is 41.1 Å². The van der Waals surface area contributed by atoms with Gasteiger partial charge in [-0.05, 0) is 37.5 Å². The van der Waals surface area contributed by atoms with Crippen LogP contribution < -0.4 is 5.32 Å². The third-order valence-electron chi connectivity index (χ3n) is 4.88. The molecule has 3 aliphatic rings. The lowest BCUT2D eigenvalue weighted by molar-refractivity contribution is -0.142. The van der Waals surface area contributed by atoms with Crippen molar-refractivity contribution in [2.45, 2.75) is 44.6 Å². The van der Waals surface area contributed by atoms with Gasteiger partial charge in [-0.3, -0.25) is 4.79 Å². The molecule has 2 saturated carbocycles. The number of hydrogen-bond donors (Lipinski definition) is 2. The fraction of sp³-hybridized carbons (Fsp3) is 0.857. The van der Waals surface area contributed by atoms with Gasteiger partial charge in [0, 0.05) is 19.1 Å². The van der Waals surface area contributed by atoms with Crippen LogP contribution in [0.5, 0.6) is 0 Å². The lowest BCUT2D eigenvalue weighted by atomic mass is 9.92. The van der Waals surface area contributed by atoms with Crippen molar-refractivity contribution in [3.8, 4) is 0 Å². The largest absolute Gasteiger partial charge is 0.481 e. The fourth-order valence-corrected chi connectivity index (χ4v) is 3.59. The molecule has 0 aromatic rings. The van der Waals surface area contributed by atoms with E-state index in [-0.39, 0.29) is 17.9 Å². The maximum absolute atomic E-state index is 12.2. The highest BCUT2D eigenvalue weighted by Crippen LogP contribution is 2.44. The summed E-state index contributed by atoms with van der Waals surface area (Å²) in [6, 6.07) is 0.247. The molecule has 2 atom stereocenters. The second kappa shape index (κ2) is 5.02. The molecule has 3 rings (SSSR count). The van der Waals surface area contributed by atoms with Crippen LogP contribution >= 0.6 is 0 Å². The van der Waals surface area contributed by atoms with Gasteiger partial charge in [0.05, 0.1) is 5.92 Å². The van der Waals surface area contributed by atoms with Gasteiger partial charge in [0.15, 0.2) is 0 Å². The summed E-state index contributed by atoms with van der Waals surface area (Å²) >= 11 is 0. The molecule has 19 heavy (non-hydrogen) atoms. The number of carbonyl (C=O) groups is 2. The third-order valence-corrected chi connectivity index (χ3v) is 4.88. The SMILES string of the molecule is O=C(O)[C@@H]1CN(C(=O)NC2CCCC2)C[C@H]1C1CC1. The van der Waals surface area contributed by atoms with Gasteiger partial charge >= 0.3 is 12.0 Å². The zero-order valence-electron chi connectivity index (χ0n) is 11.2. The van der Waals surface area contributed by atoms with E-state index in [1.807, 2.05) is 0 Å². The second-order valence-corrected chi connectivity index (χ2v) is 6.28. The van der Waals surface area contributed by atoms with Gasteiger partial charge in [0.2, 0.25) is 0 Å². The maximum atomic E-state index is 12.2. The molecule has 3 fully saturated rings. The van der Waals surface area contributed by atoms with Gasteiger partial charge in [0.1, 0.15) is 0 Å². The maximum Gasteiger partial charge on any atom is 0.317 e. The van der Waals surface area contributed by atoms with Crippen molar-refractivity contribution in [2.24, 2.45) is 17.8 Å². The second-order valence-electron chi connectivity index (χ2n) is 6.28. The molecular formula is C14H22N2O3. The Bertz CT molecular complexity index is 375.